The van der Waals surface area contributed by atoms with E-state index in [4.69, 9.17) is 5.11 Å². The molecule has 16 heavy (non-hydrogen) atoms. The topological polar surface area (TPSA) is 37.3 Å². The van der Waals surface area contributed by atoms with Gasteiger partial charge in [0.05, 0.1) is 5.92 Å². The maximum Gasteiger partial charge on any atom is 0.307 e. The smallest absolute Gasteiger partial charge is 0.307 e. The van der Waals surface area contributed by atoms with Gasteiger partial charge in [-0.25, -0.2) is 4.39 Å². The van der Waals surface area contributed by atoms with Gasteiger partial charge in [0.1, 0.15) is 5.82 Å². The second-order valence-corrected chi connectivity index (χ2v) is 4.87. The first-order valence-electron chi connectivity index (χ1n) is 5.66. The van der Waals surface area contributed by atoms with Gasteiger partial charge >= 0.3 is 5.97 Å². The van der Waals surface area contributed by atoms with E-state index in [-0.39, 0.29) is 17.2 Å². The number of hydrogen-bond donors (Lipinski definition) is 1. The van der Waals surface area contributed by atoms with E-state index in [1.54, 1.807) is 6.07 Å². The molecule has 1 aromatic rings. The summed E-state index contributed by atoms with van der Waals surface area (Å²) in [5.74, 6) is -1.21. The molecule has 0 bridgehead atoms. The molecule has 3 heteroatoms. The molecule has 2 nitrogen and oxygen atoms in total. The van der Waals surface area contributed by atoms with Crippen LogP contribution < -0.4 is 0 Å². The van der Waals surface area contributed by atoms with Crippen LogP contribution >= 0.6 is 0 Å². The highest BCUT2D eigenvalue weighted by Gasteiger charge is 2.60. The minimum Gasteiger partial charge on any atom is -0.481 e. The van der Waals surface area contributed by atoms with Crippen molar-refractivity contribution >= 4 is 5.97 Å². The number of hydrogen-bond acceptors (Lipinski definition) is 1. The first kappa shape index (κ1) is 9.82. The van der Waals surface area contributed by atoms with Crippen LogP contribution in [0.3, 0.4) is 0 Å². The summed E-state index contributed by atoms with van der Waals surface area (Å²) < 4.78 is 13.6. The average Bonchev–Trinajstić information content (AvgIpc) is 2.96. The zero-order chi connectivity index (χ0) is 11.3. The standard InChI is InChI=1S/C13H13FO2/c14-11-5-1-4-9-8(11)3-2-6-13(9)7-10(13)12(15)16/h1,4-5,10H,2-3,6-7H2,(H,15,16). The lowest BCUT2D eigenvalue weighted by Gasteiger charge is -2.26. The quantitative estimate of drug-likeness (QED) is 0.789. The van der Waals surface area contributed by atoms with E-state index in [1.807, 2.05) is 6.07 Å². The van der Waals surface area contributed by atoms with Crippen molar-refractivity contribution in [2.45, 2.75) is 31.1 Å². The van der Waals surface area contributed by atoms with Gasteiger partial charge in [0.2, 0.25) is 0 Å². The molecule has 0 aromatic heterocycles. The molecule has 0 saturated heterocycles. The van der Waals surface area contributed by atoms with E-state index in [0.29, 0.717) is 6.42 Å². The molecule has 1 spiro atoms. The Morgan fingerprint density at radius 1 is 1.50 bits per heavy atom. The van der Waals surface area contributed by atoms with E-state index >= 15 is 0 Å². The summed E-state index contributed by atoms with van der Waals surface area (Å²) in [5.41, 5.74) is 1.45. The Morgan fingerprint density at radius 3 is 3.00 bits per heavy atom. The third-order valence-corrected chi connectivity index (χ3v) is 4.08. The number of aliphatic carboxylic acids is 1. The highest BCUT2D eigenvalue weighted by Crippen LogP contribution is 2.60. The van der Waals surface area contributed by atoms with Gasteiger partial charge in [-0.05, 0) is 42.9 Å². The van der Waals surface area contributed by atoms with Crippen molar-refractivity contribution in [1.29, 1.82) is 0 Å². The Kier molecular flexibility index (Phi) is 1.88. The maximum atomic E-state index is 13.6. The minimum absolute atomic E-state index is 0.174. The van der Waals surface area contributed by atoms with Gasteiger partial charge in [-0.2, -0.15) is 0 Å². The molecular formula is C13H13FO2. The first-order chi connectivity index (χ1) is 7.65. The van der Waals surface area contributed by atoms with Crippen LogP contribution in [0.25, 0.3) is 0 Å². The fraction of sp³-hybridized carbons (Fsp3) is 0.462. The summed E-state index contributed by atoms with van der Waals surface area (Å²) in [6.07, 6.45) is 3.22. The lowest BCUT2D eigenvalue weighted by molar-refractivity contribution is -0.139. The van der Waals surface area contributed by atoms with Crippen LogP contribution in [-0.2, 0) is 16.6 Å². The summed E-state index contributed by atoms with van der Waals surface area (Å²) in [6.45, 7) is 0. The van der Waals surface area contributed by atoms with Gasteiger partial charge in [0.15, 0.2) is 0 Å². The van der Waals surface area contributed by atoms with Crippen LogP contribution in [-0.4, -0.2) is 11.1 Å². The van der Waals surface area contributed by atoms with Crippen LogP contribution in [0.1, 0.15) is 30.4 Å². The molecule has 0 heterocycles. The molecule has 1 N–H and O–H groups in total. The van der Waals surface area contributed by atoms with Crippen molar-refractivity contribution in [1.82, 2.24) is 0 Å². The van der Waals surface area contributed by atoms with E-state index in [1.165, 1.54) is 6.07 Å². The van der Waals surface area contributed by atoms with Crippen molar-refractivity contribution in [3.63, 3.8) is 0 Å². The number of carboxylic acids is 1. The molecular weight excluding hydrogens is 207 g/mol. The molecule has 2 atom stereocenters. The van der Waals surface area contributed by atoms with Crippen LogP contribution in [0, 0.1) is 11.7 Å². The highest BCUT2D eigenvalue weighted by atomic mass is 19.1. The largest absolute Gasteiger partial charge is 0.481 e. The summed E-state index contributed by atoms with van der Waals surface area (Å²) in [7, 11) is 0. The lowest BCUT2D eigenvalue weighted by atomic mass is 9.78. The molecule has 2 aliphatic rings. The average molecular weight is 220 g/mol. The Balaban J connectivity index is 2.09. The van der Waals surface area contributed by atoms with Crippen molar-refractivity contribution in [2.75, 3.05) is 0 Å². The predicted molar refractivity (Wildman–Crippen MR) is 56.8 cm³/mol. The number of carboxylic acid groups (broad SMARTS) is 1. The zero-order valence-corrected chi connectivity index (χ0v) is 8.87. The van der Waals surface area contributed by atoms with Gasteiger partial charge < -0.3 is 5.11 Å². The zero-order valence-electron chi connectivity index (χ0n) is 8.87. The van der Waals surface area contributed by atoms with Crippen molar-refractivity contribution in [3.05, 3.63) is 35.1 Å². The maximum absolute atomic E-state index is 13.6. The first-order valence-corrected chi connectivity index (χ1v) is 5.66. The van der Waals surface area contributed by atoms with Gasteiger partial charge in [0, 0.05) is 5.41 Å². The Morgan fingerprint density at radius 2 is 2.31 bits per heavy atom. The van der Waals surface area contributed by atoms with E-state index < -0.39 is 5.97 Å². The van der Waals surface area contributed by atoms with Gasteiger partial charge in [-0.1, -0.05) is 12.1 Å². The van der Waals surface area contributed by atoms with E-state index in [2.05, 4.69) is 0 Å². The normalized spacial score (nSPS) is 31.2. The van der Waals surface area contributed by atoms with Crippen LogP contribution in [0.15, 0.2) is 18.2 Å². The molecule has 1 fully saturated rings. The molecule has 2 unspecified atom stereocenters. The Bertz CT molecular complexity index is 469. The third kappa shape index (κ3) is 1.14. The number of benzene rings is 1. The number of carbonyl (C=O) groups is 1. The van der Waals surface area contributed by atoms with Crippen molar-refractivity contribution in [2.24, 2.45) is 5.92 Å². The molecule has 0 amide bonds. The van der Waals surface area contributed by atoms with Gasteiger partial charge in [-0.15, -0.1) is 0 Å². The SMILES string of the molecule is O=C(O)C1CC12CCCc1c(F)cccc12. The Labute approximate surface area is 93.1 Å². The van der Waals surface area contributed by atoms with Crippen LogP contribution in [0.5, 0.6) is 0 Å². The fourth-order valence-corrected chi connectivity index (χ4v) is 3.20. The van der Waals surface area contributed by atoms with Crippen LogP contribution in [0.4, 0.5) is 4.39 Å². The number of rotatable bonds is 1. The predicted octanol–water partition coefficient (Wildman–Crippen LogP) is 2.50. The van der Waals surface area contributed by atoms with E-state index in [9.17, 15) is 9.18 Å². The van der Waals surface area contributed by atoms with Crippen molar-refractivity contribution < 1.29 is 14.3 Å². The summed E-state index contributed by atoms with van der Waals surface area (Å²) in [6, 6.07) is 5.06. The van der Waals surface area contributed by atoms with Crippen molar-refractivity contribution in [3.8, 4) is 0 Å². The van der Waals surface area contributed by atoms with Gasteiger partial charge in [-0.3, -0.25) is 4.79 Å². The van der Waals surface area contributed by atoms with Gasteiger partial charge in [0.25, 0.3) is 0 Å². The molecule has 1 aromatic carbocycles. The number of halogens is 1. The molecule has 1 saturated carbocycles. The monoisotopic (exact) mass is 220 g/mol. The van der Waals surface area contributed by atoms with Crippen LogP contribution in [0.2, 0.25) is 0 Å². The highest BCUT2D eigenvalue weighted by molar-refractivity contribution is 5.77. The number of fused-ring (bicyclic) bond motifs is 2. The second kappa shape index (κ2) is 3.06. The molecule has 84 valence electrons. The molecule has 0 aliphatic heterocycles. The van der Waals surface area contributed by atoms with E-state index in [0.717, 1.165) is 30.4 Å². The second-order valence-electron chi connectivity index (χ2n) is 4.87. The molecule has 2 aliphatic carbocycles. The fourth-order valence-electron chi connectivity index (χ4n) is 3.20. The summed E-state index contributed by atoms with van der Waals surface area (Å²) >= 11 is 0. The summed E-state index contributed by atoms with van der Waals surface area (Å²) in [4.78, 5) is 11.0. The summed E-state index contributed by atoms with van der Waals surface area (Å²) in [5, 5.41) is 9.07. The lowest BCUT2D eigenvalue weighted by Crippen LogP contribution is -2.22. The third-order valence-electron chi connectivity index (χ3n) is 4.08. The molecule has 0 radical (unpaired) electrons. The molecule has 3 rings (SSSR count). The Hall–Kier alpha value is -1.38. The minimum atomic E-state index is -0.739.